The van der Waals surface area contributed by atoms with Gasteiger partial charge < -0.3 is 29.8 Å². The van der Waals surface area contributed by atoms with E-state index < -0.39 is 30.7 Å². The predicted molar refractivity (Wildman–Crippen MR) is 84.0 cm³/mol. The number of benzene rings is 1. The standard InChI is InChI=1S/C14H15BrClNO5/c1-5-11(18)12(19)13(20)14(21-5)22-8-4-17-7-3-2-6(15)10(16)9(7)8/h2-5,11-14,17-20H,1H3/t5?,11-,12+,13?,14-/m1/s1. The number of H-pyrrole nitrogens is 1. The highest BCUT2D eigenvalue weighted by atomic mass is 79.9. The summed E-state index contributed by atoms with van der Waals surface area (Å²) in [6, 6.07) is 3.64. The Morgan fingerprint density at radius 2 is 1.95 bits per heavy atom. The fourth-order valence-electron chi connectivity index (χ4n) is 2.46. The van der Waals surface area contributed by atoms with E-state index in [4.69, 9.17) is 21.1 Å². The molecule has 5 atom stereocenters. The van der Waals surface area contributed by atoms with Gasteiger partial charge in [-0.25, -0.2) is 0 Å². The van der Waals surface area contributed by atoms with Crippen molar-refractivity contribution in [3.8, 4) is 5.75 Å². The van der Waals surface area contributed by atoms with Gasteiger partial charge in [0.05, 0.1) is 22.0 Å². The summed E-state index contributed by atoms with van der Waals surface area (Å²) in [4.78, 5) is 3.01. The highest BCUT2D eigenvalue weighted by molar-refractivity contribution is 9.10. The van der Waals surface area contributed by atoms with E-state index in [1.54, 1.807) is 19.2 Å². The normalized spacial score (nSPS) is 32.4. The van der Waals surface area contributed by atoms with Crippen LogP contribution in [-0.4, -0.2) is 51.0 Å². The molecule has 0 aliphatic carbocycles. The first-order chi connectivity index (χ1) is 10.4. The van der Waals surface area contributed by atoms with Crippen molar-refractivity contribution in [3.05, 3.63) is 27.8 Å². The van der Waals surface area contributed by atoms with E-state index in [1.807, 2.05) is 6.07 Å². The van der Waals surface area contributed by atoms with E-state index in [1.165, 1.54) is 0 Å². The number of hydrogen-bond acceptors (Lipinski definition) is 5. The van der Waals surface area contributed by atoms with Crippen LogP contribution in [0.2, 0.25) is 5.02 Å². The van der Waals surface area contributed by atoms with E-state index >= 15 is 0 Å². The van der Waals surface area contributed by atoms with Crippen molar-refractivity contribution < 1.29 is 24.8 Å². The predicted octanol–water partition coefficient (Wildman–Crippen LogP) is 1.79. The van der Waals surface area contributed by atoms with Crippen LogP contribution in [0, 0.1) is 0 Å². The number of halogens is 2. The van der Waals surface area contributed by atoms with Crippen molar-refractivity contribution >= 4 is 38.4 Å². The monoisotopic (exact) mass is 391 g/mol. The molecule has 0 saturated carbocycles. The largest absolute Gasteiger partial charge is 0.460 e. The summed E-state index contributed by atoms with van der Waals surface area (Å²) in [6.07, 6.45) is -4.07. The van der Waals surface area contributed by atoms with Gasteiger partial charge in [-0.05, 0) is 35.0 Å². The molecule has 0 spiro atoms. The third-order valence-electron chi connectivity index (χ3n) is 3.75. The second-order valence-corrected chi connectivity index (χ2v) is 6.47. The van der Waals surface area contributed by atoms with Gasteiger partial charge in [0.15, 0.2) is 0 Å². The first-order valence-corrected chi connectivity index (χ1v) is 7.88. The maximum atomic E-state index is 10.0. The molecule has 3 rings (SSSR count). The minimum absolute atomic E-state index is 0.390. The molecule has 22 heavy (non-hydrogen) atoms. The Labute approximate surface area is 139 Å². The number of hydrogen-bond donors (Lipinski definition) is 4. The van der Waals surface area contributed by atoms with Crippen LogP contribution in [-0.2, 0) is 4.74 Å². The summed E-state index contributed by atoms with van der Waals surface area (Å²) < 4.78 is 11.8. The molecule has 1 aliphatic rings. The Morgan fingerprint density at radius 3 is 2.68 bits per heavy atom. The third-order valence-corrected chi connectivity index (χ3v) is 5.03. The van der Waals surface area contributed by atoms with Crippen molar-refractivity contribution in [2.24, 2.45) is 0 Å². The lowest BCUT2D eigenvalue weighted by molar-refractivity contribution is -0.267. The van der Waals surface area contributed by atoms with Crippen LogP contribution in [0.25, 0.3) is 10.9 Å². The molecule has 0 bridgehead atoms. The van der Waals surface area contributed by atoms with Gasteiger partial charge in [-0.3, -0.25) is 0 Å². The number of aromatic nitrogens is 1. The quantitative estimate of drug-likeness (QED) is 0.625. The molecule has 1 aromatic heterocycles. The van der Waals surface area contributed by atoms with Gasteiger partial charge in [0.25, 0.3) is 0 Å². The van der Waals surface area contributed by atoms with Crippen LogP contribution in [0.5, 0.6) is 5.75 Å². The molecule has 2 unspecified atom stereocenters. The Bertz CT molecular complexity index is 693. The summed E-state index contributed by atoms with van der Waals surface area (Å²) >= 11 is 9.61. The van der Waals surface area contributed by atoms with Gasteiger partial charge in [-0.1, -0.05) is 11.6 Å². The van der Waals surface area contributed by atoms with Crippen molar-refractivity contribution in [1.29, 1.82) is 0 Å². The van der Waals surface area contributed by atoms with Crippen LogP contribution < -0.4 is 4.74 Å². The first kappa shape index (κ1) is 16.0. The first-order valence-electron chi connectivity index (χ1n) is 6.71. The maximum absolute atomic E-state index is 10.0. The molecule has 120 valence electrons. The van der Waals surface area contributed by atoms with Crippen LogP contribution in [0.3, 0.4) is 0 Å². The molecular formula is C14H15BrClNO5. The lowest BCUT2D eigenvalue weighted by atomic mass is 10.00. The summed E-state index contributed by atoms with van der Waals surface area (Å²) in [5.74, 6) is 0.390. The summed E-state index contributed by atoms with van der Waals surface area (Å²) in [6.45, 7) is 1.59. The van der Waals surface area contributed by atoms with Gasteiger partial charge in [0.2, 0.25) is 6.29 Å². The van der Waals surface area contributed by atoms with E-state index in [9.17, 15) is 15.3 Å². The molecule has 2 aromatic rings. The number of ether oxygens (including phenoxy) is 2. The molecule has 4 N–H and O–H groups in total. The van der Waals surface area contributed by atoms with Crippen LogP contribution in [0.4, 0.5) is 0 Å². The van der Waals surface area contributed by atoms with Gasteiger partial charge in [-0.2, -0.15) is 0 Å². The van der Waals surface area contributed by atoms with Crippen LogP contribution >= 0.6 is 27.5 Å². The number of aliphatic hydroxyl groups excluding tert-OH is 3. The third kappa shape index (κ3) is 2.62. The molecule has 1 saturated heterocycles. The number of nitrogens with one attached hydrogen (secondary N) is 1. The number of fused-ring (bicyclic) bond motifs is 1. The molecule has 1 fully saturated rings. The molecule has 0 radical (unpaired) electrons. The minimum Gasteiger partial charge on any atom is -0.460 e. The summed E-state index contributed by atoms with van der Waals surface area (Å²) in [5.41, 5.74) is 0.766. The SMILES string of the molecule is CC1O[C@H](Oc2c[nH]c3ccc(Br)c(Cl)c23)C(O)[C@@H](O)[C@@H]1O. The highest BCUT2D eigenvalue weighted by Crippen LogP contribution is 2.38. The van der Waals surface area contributed by atoms with E-state index in [2.05, 4.69) is 20.9 Å². The molecule has 2 heterocycles. The Morgan fingerprint density at radius 1 is 1.23 bits per heavy atom. The zero-order chi connectivity index (χ0) is 16.0. The number of aliphatic hydroxyl groups is 3. The van der Waals surface area contributed by atoms with Gasteiger partial charge in [-0.15, -0.1) is 0 Å². The second kappa shape index (κ2) is 5.99. The molecule has 1 aromatic carbocycles. The van der Waals surface area contributed by atoms with Gasteiger partial charge in [0.1, 0.15) is 24.1 Å². The van der Waals surface area contributed by atoms with Crippen LogP contribution in [0.15, 0.2) is 22.8 Å². The van der Waals surface area contributed by atoms with Gasteiger partial charge in [0, 0.05) is 10.7 Å². The zero-order valence-corrected chi connectivity index (χ0v) is 13.9. The highest BCUT2D eigenvalue weighted by Gasteiger charge is 2.43. The van der Waals surface area contributed by atoms with Crippen molar-refractivity contribution in [3.63, 3.8) is 0 Å². The van der Waals surface area contributed by atoms with Gasteiger partial charge >= 0.3 is 0 Å². The maximum Gasteiger partial charge on any atom is 0.229 e. The lowest BCUT2D eigenvalue weighted by Crippen LogP contribution is -2.58. The Balaban J connectivity index is 1.92. The van der Waals surface area contributed by atoms with E-state index in [0.29, 0.717) is 20.6 Å². The summed E-state index contributed by atoms with van der Waals surface area (Å²) in [7, 11) is 0. The fraction of sp³-hybridized carbons (Fsp3) is 0.429. The second-order valence-electron chi connectivity index (χ2n) is 5.24. The average molecular weight is 393 g/mol. The minimum atomic E-state index is -1.37. The molecule has 0 amide bonds. The van der Waals surface area contributed by atoms with E-state index in [0.717, 1.165) is 5.52 Å². The smallest absolute Gasteiger partial charge is 0.229 e. The van der Waals surface area contributed by atoms with E-state index in [-0.39, 0.29) is 0 Å². The average Bonchev–Trinajstić information content (AvgIpc) is 2.90. The lowest BCUT2D eigenvalue weighted by Gasteiger charge is -2.38. The molecule has 1 aliphatic heterocycles. The van der Waals surface area contributed by atoms with Crippen molar-refractivity contribution in [2.45, 2.75) is 37.6 Å². The molecule has 6 nitrogen and oxygen atoms in total. The number of rotatable bonds is 2. The van der Waals surface area contributed by atoms with Crippen molar-refractivity contribution in [2.75, 3.05) is 0 Å². The Hall–Kier alpha value is -0.830. The number of aromatic amines is 1. The summed E-state index contributed by atoms with van der Waals surface area (Å²) in [5, 5.41) is 30.6. The Kier molecular flexibility index (Phi) is 4.37. The fourth-order valence-corrected chi connectivity index (χ4v) is 3.04. The topological polar surface area (TPSA) is 94.9 Å². The molecule has 8 heteroatoms. The van der Waals surface area contributed by atoms with Crippen molar-refractivity contribution in [1.82, 2.24) is 4.98 Å². The zero-order valence-electron chi connectivity index (χ0n) is 11.5. The molecular weight excluding hydrogens is 378 g/mol. The van der Waals surface area contributed by atoms with Crippen LogP contribution in [0.1, 0.15) is 6.92 Å².